The second-order valence-corrected chi connectivity index (χ2v) is 4.94. The van der Waals surface area contributed by atoms with Crippen molar-refractivity contribution in [3.8, 4) is 5.75 Å². The van der Waals surface area contributed by atoms with Crippen LogP contribution in [-0.4, -0.2) is 17.5 Å². The van der Waals surface area contributed by atoms with Crippen molar-refractivity contribution in [2.24, 2.45) is 5.16 Å². The Morgan fingerprint density at radius 3 is 2.52 bits per heavy atom. The predicted octanol–water partition coefficient (Wildman–Crippen LogP) is 4.38. The Hall–Kier alpha value is -2.95. The molecule has 0 saturated heterocycles. The fraction of sp³-hybridized carbons (Fsp3) is 0.0556. The van der Waals surface area contributed by atoms with Crippen molar-refractivity contribution in [1.82, 2.24) is 0 Å². The zero-order valence-corrected chi connectivity index (χ0v) is 12.0. The van der Waals surface area contributed by atoms with Crippen LogP contribution in [0.2, 0.25) is 0 Å². The summed E-state index contributed by atoms with van der Waals surface area (Å²) in [4.78, 5) is 0. The third kappa shape index (κ3) is 3.13. The van der Waals surface area contributed by atoms with Crippen LogP contribution in [0.25, 0.3) is 10.8 Å². The molecule has 0 aliphatic rings. The first-order chi connectivity index (χ1) is 11.2. The first-order valence-electron chi connectivity index (χ1n) is 6.96. The normalized spacial score (nSPS) is 11.7. The summed E-state index contributed by atoms with van der Waals surface area (Å²) in [7, 11) is 0. The Kier molecular flexibility index (Phi) is 4.19. The first kappa shape index (κ1) is 15.0. The molecule has 0 fully saturated rings. The molecule has 3 rings (SSSR count). The smallest absolute Gasteiger partial charge is 0.159 e. The number of oxime groups is 1. The molecule has 0 unspecified atom stereocenters. The summed E-state index contributed by atoms with van der Waals surface area (Å²) in [6.45, 7) is -0.0738. The van der Waals surface area contributed by atoms with Crippen LogP contribution >= 0.6 is 0 Å². The van der Waals surface area contributed by atoms with Crippen LogP contribution in [0.3, 0.4) is 0 Å². The minimum atomic E-state index is -1.01. The van der Waals surface area contributed by atoms with Gasteiger partial charge < -0.3 is 9.94 Å². The predicted molar refractivity (Wildman–Crippen MR) is 84.1 cm³/mol. The lowest BCUT2D eigenvalue weighted by Crippen LogP contribution is -2.13. The molecule has 0 bridgehead atoms. The van der Waals surface area contributed by atoms with E-state index in [1.165, 1.54) is 6.07 Å². The highest BCUT2D eigenvalue weighted by molar-refractivity contribution is 6.01. The van der Waals surface area contributed by atoms with Crippen molar-refractivity contribution in [2.45, 2.75) is 0 Å². The van der Waals surface area contributed by atoms with E-state index < -0.39 is 11.6 Å². The Balaban J connectivity index is 1.84. The molecule has 0 radical (unpaired) electrons. The van der Waals surface area contributed by atoms with Crippen LogP contribution in [0.4, 0.5) is 8.78 Å². The summed E-state index contributed by atoms with van der Waals surface area (Å²) < 4.78 is 32.0. The van der Waals surface area contributed by atoms with E-state index in [1.807, 2.05) is 36.4 Å². The van der Waals surface area contributed by atoms with Gasteiger partial charge in [-0.3, -0.25) is 0 Å². The molecule has 0 spiro atoms. The lowest BCUT2D eigenvalue weighted by atomic mass is 10.1. The van der Waals surface area contributed by atoms with E-state index in [2.05, 4.69) is 5.16 Å². The molecular formula is C18H13F2NO2. The van der Waals surface area contributed by atoms with Gasteiger partial charge in [0.15, 0.2) is 11.6 Å². The minimum absolute atomic E-state index is 0.0738. The highest BCUT2D eigenvalue weighted by Gasteiger charge is 2.11. The highest BCUT2D eigenvalue weighted by Crippen LogP contribution is 2.25. The summed E-state index contributed by atoms with van der Waals surface area (Å²) in [5.74, 6) is -1.35. The molecule has 116 valence electrons. The average molecular weight is 313 g/mol. The summed E-state index contributed by atoms with van der Waals surface area (Å²) >= 11 is 0. The van der Waals surface area contributed by atoms with Gasteiger partial charge in [-0.25, -0.2) is 8.78 Å². The molecule has 0 heterocycles. The van der Waals surface area contributed by atoms with Gasteiger partial charge >= 0.3 is 0 Å². The molecule has 0 atom stereocenters. The van der Waals surface area contributed by atoms with Gasteiger partial charge in [-0.05, 0) is 29.7 Å². The number of rotatable bonds is 4. The van der Waals surface area contributed by atoms with Gasteiger partial charge in [-0.2, -0.15) is 0 Å². The minimum Gasteiger partial charge on any atom is -0.486 e. The van der Waals surface area contributed by atoms with E-state index in [9.17, 15) is 8.78 Å². The van der Waals surface area contributed by atoms with Gasteiger partial charge in [0.25, 0.3) is 0 Å². The Morgan fingerprint density at radius 1 is 0.957 bits per heavy atom. The highest BCUT2D eigenvalue weighted by atomic mass is 19.2. The number of hydrogen-bond donors (Lipinski definition) is 1. The SMILES string of the molecule is O/N=C(\COc1cccc2ccccc12)c1ccc(F)c(F)c1. The van der Waals surface area contributed by atoms with E-state index in [1.54, 1.807) is 6.07 Å². The van der Waals surface area contributed by atoms with E-state index in [-0.39, 0.29) is 17.9 Å². The molecule has 0 amide bonds. The molecular weight excluding hydrogens is 300 g/mol. The molecule has 3 aromatic carbocycles. The zero-order chi connectivity index (χ0) is 16.2. The second-order valence-electron chi connectivity index (χ2n) is 4.94. The summed E-state index contributed by atoms with van der Waals surface area (Å²) in [5.41, 5.74) is 0.364. The molecule has 5 heteroatoms. The largest absolute Gasteiger partial charge is 0.486 e. The summed E-state index contributed by atoms with van der Waals surface area (Å²) in [6, 6.07) is 16.6. The Morgan fingerprint density at radius 2 is 1.74 bits per heavy atom. The van der Waals surface area contributed by atoms with Crippen molar-refractivity contribution in [3.63, 3.8) is 0 Å². The van der Waals surface area contributed by atoms with E-state index in [0.717, 1.165) is 22.9 Å². The zero-order valence-electron chi connectivity index (χ0n) is 12.0. The van der Waals surface area contributed by atoms with Gasteiger partial charge in [0, 0.05) is 10.9 Å². The number of fused-ring (bicyclic) bond motifs is 1. The molecule has 0 aliphatic carbocycles. The maximum atomic E-state index is 13.3. The van der Waals surface area contributed by atoms with E-state index in [0.29, 0.717) is 5.75 Å². The number of halogens is 2. The molecule has 0 aliphatic heterocycles. The van der Waals surface area contributed by atoms with Crippen LogP contribution in [0.1, 0.15) is 5.56 Å². The van der Waals surface area contributed by atoms with E-state index in [4.69, 9.17) is 9.94 Å². The van der Waals surface area contributed by atoms with Crippen molar-refractivity contribution in [3.05, 3.63) is 77.9 Å². The Bertz CT molecular complexity index is 873. The molecule has 0 aromatic heterocycles. The number of benzene rings is 3. The molecule has 3 nitrogen and oxygen atoms in total. The molecule has 3 aromatic rings. The third-order valence-electron chi connectivity index (χ3n) is 3.49. The van der Waals surface area contributed by atoms with Gasteiger partial charge in [0.2, 0.25) is 0 Å². The van der Waals surface area contributed by atoms with Gasteiger partial charge in [0.05, 0.1) is 0 Å². The quantitative estimate of drug-likeness (QED) is 0.441. The van der Waals surface area contributed by atoms with Crippen molar-refractivity contribution >= 4 is 16.5 Å². The van der Waals surface area contributed by atoms with Gasteiger partial charge in [-0.15, -0.1) is 0 Å². The van der Waals surface area contributed by atoms with Crippen molar-refractivity contribution < 1.29 is 18.7 Å². The van der Waals surface area contributed by atoms with Crippen LogP contribution < -0.4 is 4.74 Å². The van der Waals surface area contributed by atoms with Crippen LogP contribution in [0.5, 0.6) is 5.75 Å². The average Bonchev–Trinajstić information content (AvgIpc) is 2.58. The molecule has 1 N–H and O–H groups in total. The number of ether oxygens (including phenoxy) is 1. The summed E-state index contributed by atoms with van der Waals surface area (Å²) in [6.07, 6.45) is 0. The maximum Gasteiger partial charge on any atom is 0.159 e. The molecule has 0 saturated carbocycles. The lowest BCUT2D eigenvalue weighted by Gasteiger charge is -2.10. The standard InChI is InChI=1S/C18H13F2NO2/c19-15-9-8-13(10-16(15)20)17(21-22)11-23-18-7-3-5-12-4-1-2-6-14(12)18/h1-10,22H,11H2/b21-17+. The van der Waals surface area contributed by atoms with Crippen molar-refractivity contribution in [2.75, 3.05) is 6.61 Å². The first-order valence-corrected chi connectivity index (χ1v) is 6.96. The van der Waals surface area contributed by atoms with Gasteiger partial charge in [0.1, 0.15) is 18.1 Å². The fourth-order valence-corrected chi connectivity index (χ4v) is 2.31. The number of nitrogens with zero attached hydrogens (tertiary/aromatic N) is 1. The summed E-state index contributed by atoms with van der Waals surface area (Å²) in [5, 5.41) is 14.2. The third-order valence-corrected chi connectivity index (χ3v) is 3.49. The van der Waals surface area contributed by atoms with Crippen LogP contribution in [0.15, 0.2) is 65.8 Å². The Labute approximate surface area is 131 Å². The second kappa shape index (κ2) is 6.44. The van der Waals surface area contributed by atoms with Gasteiger partial charge in [-0.1, -0.05) is 41.6 Å². The molecule has 23 heavy (non-hydrogen) atoms. The fourth-order valence-electron chi connectivity index (χ4n) is 2.31. The maximum absolute atomic E-state index is 13.3. The van der Waals surface area contributed by atoms with Crippen molar-refractivity contribution in [1.29, 1.82) is 0 Å². The lowest BCUT2D eigenvalue weighted by molar-refractivity contribution is 0.308. The monoisotopic (exact) mass is 313 g/mol. The van der Waals surface area contributed by atoms with E-state index >= 15 is 0 Å². The van der Waals surface area contributed by atoms with Crippen LogP contribution in [-0.2, 0) is 0 Å². The number of hydrogen-bond acceptors (Lipinski definition) is 3. The topological polar surface area (TPSA) is 41.8 Å². The van der Waals surface area contributed by atoms with Crippen LogP contribution in [0, 0.1) is 11.6 Å².